The molecule has 0 heterocycles. The van der Waals surface area contributed by atoms with Gasteiger partial charge in [-0.1, -0.05) is 12.1 Å². The van der Waals surface area contributed by atoms with Crippen LogP contribution in [0.25, 0.3) is 6.08 Å². The van der Waals surface area contributed by atoms with E-state index >= 15 is 0 Å². The maximum atomic E-state index is 11.9. The first-order valence-corrected chi connectivity index (χ1v) is 7.71. The minimum atomic E-state index is -0.625. The Morgan fingerprint density at radius 2 is 1.77 bits per heavy atom. The molecular weight excluding hydrogens is 356 g/mol. The van der Waals surface area contributed by atoms with Gasteiger partial charge in [-0.15, -0.1) is 0 Å². The molecule has 2 rings (SSSR count). The second-order valence-electron chi connectivity index (χ2n) is 5.04. The molecule has 2 amide bonds. The average Bonchev–Trinajstić information content (AvgIpc) is 2.60. The SMILES string of the molecule is NC(=O)c1ccccc1NC(=S)NC(=O)/C=C/c1ccc([N+](=O)[O-])cc1. The van der Waals surface area contributed by atoms with Crippen LogP contribution >= 0.6 is 12.2 Å². The van der Waals surface area contributed by atoms with Crippen LogP contribution in [0.4, 0.5) is 11.4 Å². The number of thiocarbonyl (C=S) groups is 1. The van der Waals surface area contributed by atoms with Crippen molar-refractivity contribution in [3.8, 4) is 0 Å². The van der Waals surface area contributed by atoms with Crippen molar-refractivity contribution < 1.29 is 14.5 Å². The van der Waals surface area contributed by atoms with E-state index in [0.717, 1.165) is 0 Å². The number of rotatable bonds is 5. The summed E-state index contributed by atoms with van der Waals surface area (Å²) in [6.07, 6.45) is 2.72. The zero-order chi connectivity index (χ0) is 19.1. The number of benzene rings is 2. The van der Waals surface area contributed by atoms with E-state index in [4.69, 9.17) is 18.0 Å². The third-order valence-electron chi connectivity index (χ3n) is 3.21. The van der Waals surface area contributed by atoms with Crippen LogP contribution in [-0.2, 0) is 4.79 Å². The van der Waals surface area contributed by atoms with Gasteiger partial charge >= 0.3 is 0 Å². The first kappa shape index (κ1) is 18.7. The number of primary amides is 1. The number of nitrogens with two attached hydrogens (primary N) is 1. The Balaban J connectivity index is 1.96. The molecule has 2 aromatic carbocycles. The van der Waals surface area contributed by atoms with E-state index in [1.165, 1.54) is 42.5 Å². The van der Waals surface area contributed by atoms with Crippen molar-refractivity contribution in [3.63, 3.8) is 0 Å². The monoisotopic (exact) mass is 370 g/mol. The maximum Gasteiger partial charge on any atom is 0.269 e. The number of carbonyl (C=O) groups is 2. The van der Waals surface area contributed by atoms with Gasteiger partial charge in [-0.3, -0.25) is 25.0 Å². The summed E-state index contributed by atoms with van der Waals surface area (Å²) in [4.78, 5) is 33.3. The maximum absolute atomic E-state index is 11.9. The van der Waals surface area contributed by atoms with Crippen LogP contribution in [0.2, 0.25) is 0 Å². The number of hydrogen-bond acceptors (Lipinski definition) is 5. The average molecular weight is 370 g/mol. The van der Waals surface area contributed by atoms with E-state index < -0.39 is 16.7 Å². The van der Waals surface area contributed by atoms with Gasteiger partial charge in [0.1, 0.15) is 0 Å². The summed E-state index contributed by atoms with van der Waals surface area (Å²) < 4.78 is 0. The number of nitro groups is 1. The molecule has 9 heteroatoms. The number of para-hydroxylation sites is 1. The van der Waals surface area contributed by atoms with Crippen LogP contribution < -0.4 is 16.4 Å². The molecule has 4 N–H and O–H groups in total. The first-order chi connectivity index (χ1) is 12.4. The molecule has 8 nitrogen and oxygen atoms in total. The molecule has 0 atom stereocenters. The largest absolute Gasteiger partial charge is 0.366 e. The molecule has 0 aliphatic rings. The number of nitrogens with zero attached hydrogens (tertiary/aromatic N) is 1. The van der Waals surface area contributed by atoms with Crippen LogP contribution in [0, 0.1) is 10.1 Å². The molecular formula is C17H14N4O4S. The van der Waals surface area contributed by atoms with E-state index in [-0.39, 0.29) is 16.4 Å². The zero-order valence-corrected chi connectivity index (χ0v) is 14.2. The molecule has 132 valence electrons. The standard InChI is InChI=1S/C17H14N4O4S/c18-16(23)13-3-1-2-4-14(13)19-17(26)20-15(22)10-7-11-5-8-12(9-6-11)21(24)25/h1-10H,(H2,18,23)(H2,19,20,22,26)/b10-7+. The van der Waals surface area contributed by atoms with Crippen molar-refractivity contribution in [2.24, 2.45) is 5.73 Å². The summed E-state index contributed by atoms with van der Waals surface area (Å²) in [5.74, 6) is -1.13. The van der Waals surface area contributed by atoms with Crippen LogP contribution in [0.15, 0.2) is 54.6 Å². The summed E-state index contributed by atoms with van der Waals surface area (Å²) in [6, 6.07) is 12.2. The van der Waals surface area contributed by atoms with Gasteiger partial charge in [0.2, 0.25) is 5.91 Å². The van der Waals surface area contributed by atoms with Crippen molar-refractivity contribution in [2.45, 2.75) is 0 Å². The van der Waals surface area contributed by atoms with E-state index in [2.05, 4.69) is 10.6 Å². The highest BCUT2D eigenvalue weighted by Gasteiger charge is 2.09. The van der Waals surface area contributed by atoms with Crippen molar-refractivity contribution in [2.75, 3.05) is 5.32 Å². The topological polar surface area (TPSA) is 127 Å². The molecule has 0 radical (unpaired) electrons. The van der Waals surface area contributed by atoms with E-state index in [1.54, 1.807) is 18.2 Å². The van der Waals surface area contributed by atoms with Gasteiger partial charge in [0.05, 0.1) is 16.2 Å². The fourth-order valence-corrected chi connectivity index (χ4v) is 2.20. The Morgan fingerprint density at radius 1 is 1.12 bits per heavy atom. The summed E-state index contributed by atoms with van der Waals surface area (Å²) in [6.45, 7) is 0. The first-order valence-electron chi connectivity index (χ1n) is 7.30. The fraction of sp³-hybridized carbons (Fsp3) is 0. The summed E-state index contributed by atoms with van der Waals surface area (Å²) in [5.41, 5.74) is 6.47. The van der Waals surface area contributed by atoms with Crippen LogP contribution in [0.3, 0.4) is 0 Å². The van der Waals surface area contributed by atoms with Gasteiger partial charge < -0.3 is 11.1 Å². The van der Waals surface area contributed by atoms with Gasteiger partial charge in [-0.25, -0.2) is 0 Å². The summed E-state index contributed by atoms with van der Waals surface area (Å²) in [7, 11) is 0. The highest BCUT2D eigenvalue weighted by molar-refractivity contribution is 7.80. The number of nitro benzene ring substituents is 1. The number of non-ortho nitro benzene ring substituents is 1. The highest BCUT2D eigenvalue weighted by atomic mass is 32.1. The molecule has 0 aliphatic carbocycles. The molecule has 0 saturated heterocycles. The van der Waals surface area contributed by atoms with Crippen molar-refractivity contribution in [1.82, 2.24) is 5.32 Å². The van der Waals surface area contributed by atoms with E-state index in [1.807, 2.05) is 0 Å². The lowest BCUT2D eigenvalue weighted by molar-refractivity contribution is -0.384. The third kappa shape index (κ3) is 5.21. The molecule has 0 unspecified atom stereocenters. The Kier molecular flexibility index (Phi) is 6.12. The Bertz CT molecular complexity index is 894. The number of hydrogen-bond donors (Lipinski definition) is 3. The predicted octanol–water partition coefficient (Wildman–Crippen LogP) is 2.22. The van der Waals surface area contributed by atoms with Crippen LogP contribution in [0.5, 0.6) is 0 Å². The summed E-state index contributed by atoms with van der Waals surface area (Å²) >= 11 is 5.03. The number of anilines is 1. The van der Waals surface area contributed by atoms with E-state index in [0.29, 0.717) is 11.3 Å². The predicted molar refractivity (Wildman–Crippen MR) is 101 cm³/mol. The van der Waals surface area contributed by atoms with Crippen LogP contribution in [0.1, 0.15) is 15.9 Å². The number of carbonyl (C=O) groups excluding carboxylic acids is 2. The lowest BCUT2D eigenvalue weighted by Gasteiger charge is -2.10. The van der Waals surface area contributed by atoms with Gasteiger partial charge in [0, 0.05) is 18.2 Å². The molecule has 26 heavy (non-hydrogen) atoms. The van der Waals surface area contributed by atoms with Crippen molar-refractivity contribution in [1.29, 1.82) is 0 Å². The Morgan fingerprint density at radius 3 is 2.38 bits per heavy atom. The van der Waals surface area contributed by atoms with Gasteiger partial charge in [0.15, 0.2) is 5.11 Å². The van der Waals surface area contributed by atoms with Crippen LogP contribution in [-0.4, -0.2) is 21.9 Å². The second-order valence-corrected chi connectivity index (χ2v) is 5.44. The minimum absolute atomic E-state index is 0.00273. The smallest absolute Gasteiger partial charge is 0.269 e. The number of amides is 2. The molecule has 0 spiro atoms. The molecule has 0 aromatic heterocycles. The second kappa shape index (κ2) is 8.49. The molecule has 2 aromatic rings. The lowest BCUT2D eigenvalue weighted by Crippen LogP contribution is -2.33. The van der Waals surface area contributed by atoms with Gasteiger partial charge in [0.25, 0.3) is 11.6 Å². The van der Waals surface area contributed by atoms with Crippen molar-refractivity contribution >= 4 is 46.6 Å². The molecule has 0 saturated carbocycles. The molecule has 0 aliphatic heterocycles. The lowest BCUT2D eigenvalue weighted by atomic mass is 10.1. The highest BCUT2D eigenvalue weighted by Crippen LogP contribution is 2.14. The Hall–Kier alpha value is -3.59. The van der Waals surface area contributed by atoms with Crippen molar-refractivity contribution in [3.05, 3.63) is 75.8 Å². The number of nitrogens with one attached hydrogen (secondary N) is 2. The fourth-order valence-electron chi connectivity index (χ4n) is 1.99. The zero-order valence-electron chi connectivity index (χ0n) is 13.3. The summed E-state index contributed by atoms with van der Waals surface area (Å²) in [5, 5.41) is 15.7. The third-order valence-corrected chi connectivity index (χ3v) is 3.41. The minimum Gasteiger partial charge on any atom is -0.366 e. The molecule has 0 bridgehead atoms. The molecule has 0 fully saturated rings. The normalized spacial score (nSPS) is 10.3. The van der Waals surface area contributed by atoms with Gasteiger partial charge in [-0.2, -0.15) is 0 Å². The quantitative estimate of drug-likeness (QED) is 0.320. The van der Waals surface area contributed by atoms with Gasteiger partial charge in [-0.05, 0) is 48.1 Å². The van der Waals surface area contributed by atoms with E-state index in [9.17, 15) is 19.7 Å². The Labute approximate surface area is 153 Å².